The van der Waals surface area contributed by atoms with Gasteiger partial charge in [0.05, 0.1) is 18.6 Å². The maximum Gasteiger partial charge on any atom is 0.335 e. The lowest BCUT2D eigenvalue weighted by molar-refractivity contribution is 0.0696. The molecule has 1 aromatic heterocycles. The van der Waals surface area contributed by atoms with Crippen LogP contribution in [0.25, 0.3) is 10.8 Å². The Balaban J connectivity index is 1.51. The normalized spacial score (nSPS) is 10.8. The highest BCUT2D eigenvalue weighted by molar-refractivity contribution is 5.98. The quantitative estimate of drug-likeness (QED) is 0.530. The van der Waals surface area contributed by atoms with E-state index in [1.165, 1.54) is 0 Å². The molecule has 0 aliphatic carbocycles. The number of hydrogen-bond donors (Lipinski definition) is 2. The summed E-state index contributed by atoms with van der Waals surface area (Å²) in [6, 6.07) is 18.7. The van der Waals surface area contributed by atoms with Gasteiger partial charge in [-0.2, -0.15) is 0 Å². The van der Waals surface area contributed by atoms with Crippen molar-refractivity contribution in [2.24, 2.45) is 0 Å². The zero-order chi connectivity index (χ0) is 20.2. The Bertz CT molecular complexity index is 1170. The third-order valence-corrected chi connectivity index (χ3v) is 4.76. The minimum Gasteiger partial charge on any atom is -0.478 e. The standard InChI is InChI=1S/C23H19N3O3/c27-22(25-15-26-10-9-24-14-26)20-8-7-18-4-3-17(12-21(18)13-20)11-16-1-5-19(6-2-16)23(28)29/h1-10,12-14H,11,15H2,(H,25,27)(H,28,29). The van der Waals surface area contributed by atoms with Crippen molar-refractivity contribution >= 4 is 22.6 Å². The lowest BCUT2D eigenvalue weighted by Gasteiger charge is -2.08. The van der Waals surface area contributed by atoms with Crippen molar-refractivity contribution in [1.29, 1.82) is 0 Å². The maximum absolute atomic E-state index is 12.5. The van der Waals surface area contributed by atoms with Gasteiger partial charge in [0.2, 0.25) is 0 Å². The Labute approximate surface area is 167 Å². The maximum atomic E-state index is 12.5. The smallest absolute Gasteiger partial charge is 0.335 e. The van der Waals surface area contributed by atoms with Gasteiger partial charge in [0, 0.05) is 18.0 Å². The Morgan fingerprint density at radius 3 is 2.34 bits per heavy atom. The van der Waals surface area contributed by atoms with Gasteiger partial charge in [-0.1, -0.05) is 36.4 Å². The SMILES string of the molecule is O=C(O)c1ccc(Cc2ccc3ccc(C(=O)NCn4ccnc4)cc3c2)cc1. The molecule has 2 N–H and O–H groups in total. The van der Waals surface area contributed by atoms with E-state index in [4.69, 9.17) is 5.11 Å². The highest BCUT2D eigenvalue weighted by Gasteiger charge is 2.07. The minimum atomic E-state index is -0.930. The number of carboxylic acids is 1. The minimum absolute atomic E-state index is 0.143. The second-order valence-corrected chi connectivity index (χ2v) is 6.82. The zero-order valence-corrected chi connectivity index (χ0v) is 15.6. The van der Waals surface area contributed by atoms with Gasteiger partial charge in [-0.25, -0.2) is 9.78 Å². The van der Waals surface area contributed by atoms with Crippen LogP contribution in [-0.4, -0.2) is 26.5 Å². The van der Waals surface area contributed by atoms with Crippen LogP contribution in [-0.2, 0) is 13.1 Å². The Morgan fingerprint density at radius 1 is 0.897 bits per heavy atom. The van der Waals surface area contributed by atoms with Gasteiger partial charge in [-0.05, 0) is 52.6 Å². The lowest BCUT2D eigenvalue weighted by atomic mass is 9.99. The molecule has 0 spiro atoms. The van der Waals surface area contributed by atoms with E-state index >= 15 is 0 Å². The predicted molar refractivity (Wildman–Crippen MR) is 110 cm³/mol. The van der Waals surface area contributed by atoms with Crippen LogP contribution < -0.4 is 5.32 Å². The van der Waals surface area contributed by atoms with Crippen LogP contribution >= 0.6 is 0 Å². The molecule has 0 aliphatic heterocycles. The van der Waals surface area contributed by atoms with Gasteiger partial charge >= 0.3 is 5.97 Å². The van der Waals surface area contributed by atoms with E-state index in [-0.39, 0.29) is 11.5 Å². The van der Waals surface area contributed by atoms with Crippen LogP contribution in [0.2, 0.25) is 0 Å². The number of rotatable bonds is 6. The van der Waals surface area contributed by atoms with Crippen molar-refractivity contribution in [1.82, 2.24) is 14.9 Å². The number of carbonyl (C=O) groups excluding carboxylic acids is 1. The first-order chi connectivity index (χ1) is 14.1. The number of nitrogens with one attached hydrogen (secondary N) is 1. The fraction of sp³-hybridized carbons (Fsp3) is 0.0870. The highest BCUT2D eigenvalue weighted by Crippen LogP contribution is 2.20. The van der Waals surface area contributed by atoms with E-state index in [2.05, 4.69) is 16.4 Å². The van der Waals surface area contributed by atoms with Crippen molar-refractivity contribution in [3.8, 4) is 0 Å². The second-order valence-electron chi connectivity index (χ2n) is 6.82. The molecule has 0 bridgehead atoms. The van der Waals surface area contributed by atoms with Crippen LogP contribution in [0.15, 0.2) is 79.4 Å². The van der Waals surface area contributed by atoms with Gasteiger partial charge < -0.3 is 15.0 Å². The Morgan fingerprint density at radius 2 is 1.62 bits per heavy atom. The molecule has 0 radical (unpaired) electrons. The number of hydrogen-bond acceptors (Lipinski definition) is 3. The van der Waals surface area contributed by atoms with Crippen LogP contribution in [0, 0.1) is 0 Å². The molecule has 0 unspecified atom stereocenters. The van der Waals surface area contributed by atoms with E-state index in [9.17, 15) is 9.59 Å². The molecule has 0 aliphatic rings. The van der Waals surface area contributed by atoms with Crippen molar-refractivity contribution in [2.75, 3.05) is 0 Å². The monoisotopic (exact) mass is 385 g/mol. The first kappa shape index (κ1) is 18.4. The summed E-state index contributed by atoms with van der Waals surface area (Å²) in [6.45, 7) is 0.364. The number of amides is 1. The van der Waals surface area contributed by atoms with Gasteiger partial charge in [-0.3, -0.25) is 4.79 Å². The molecule has 6 heteroatoms. The highest BCUT2D eigenvalue weighted by atomic mass is 16.4. The third kappa shape index (κ3) is 4.32. The summed E-state index contributed by atoms with van der Waals surface area (Å²) in [5, 5.41) is 13.9. The number of aromatic nitrogens is 2. The number of aromatic carboxylic acids is 1. The molecular formula is C23H19N3O3. The van der Waals surface area contributed by atoms with E-state index in [0.29, 0.717) is 18.7 Å². The van der Waals surface area contributed by atoms with Crippen LogP contribution in [0.3, 0.4) is 0 Å². The van der Waals surface area contributed by atoms with Crippen LogP contribution in [0.4, 0.5) is 0 Å². The first-order valence-electron chi connectivity index (χ1n) is 9.17. The van der Waals surface area contributed by atoms with Gasteiger partial charge in [-0.15, -0.1) is 0 Å². The summed E-state index contributed by atoms with van der Waals surface area (Å²) in [7, 11) is 0. The van der Waals surface area contributed by atoms with Gasteiger partial charge in [0.25, 0.3) is 5.91 Å². The molecule has 3 aromatic carbocycles. The third-order valence-electron chi connectivity index (χ3n) is 4.76. The fourth-order valence-electron chi connectivity index (χ4n) is 3.19. The van der Waals surface area contributed by atoms with E-state index < -0.39 is 5.97 Å². The van der Waals surface area contributed by atoms with E-state index in [1.54, 1.807) is 35.4 Å². The Kier molecular flexibility index (Phi) is 5.07. The molecule has 0 fully saturated rings. The summed E-state index contributed by atoms with van der Waals surface area (Å²) in [5.41, 5.74) is 3.00. The zero-order valence-electron chi connectivity index (χ0n) is 15.6. The molecule has 4 rings (SSSR count). The molecule has 1 heterocycles. The molecule has 144 valence electrons. The Hall–Kier alpha value is -3.93. The lowest BCUT2D eigenvalue weighted by Crippen LogP contribution is -2.25. The van der Waals surface area contributed by atoms with Crippen molar-refractivity contribution in [2.45, 2.75) is 13.1 Å². The van der Waals surface area contributed by atoms with Gasteiger partial charge in [0.15, 0.2) is 0 Å². The fourth-order valence-corrected chi connectivity index (χ4v) is 3.19. The second kappa shape index (κ2) is 7.98. The molecule has 0 saturated heterocycles. The van der Waals surface area contributed by atoms with Crippen LogP contribution in [0.1, 0.15) is 31.8 Å². The molecule has 29 heavy (non-hydrogen) atoms. The topological polar surface area (TPSA) is 84.2 Å². The first-order valence-corrected chi connectivity index (χ1v) is 9.17. The van der Waals surface area contributed by atoms with E-state index in [0.717, 1.165) is 21.9 Å². The molecule has 4 aromatic rings. The van der Waals surface area contributed by atoms with Crippen LogP contribution in [0.5, 0.6) is 0 Å². The molecular weight excluding hydrogens is 366 g/mol. The summed E-state index contributed by atoms with van der Waals surface area (Å²) >= 11 is 0. The van der Waals surface area contributed by atoms with Crippen molar-refractivity contribution < 1.29 is 14.7 Å². The number of carbonyl (C=O) groups is 2. The number of nitrogens with zero attached hydrogens (tertiary/aromatic N) is 2. The number of fused-ring (bicyclic) bond motifs is 1. The van der Waals surface area contributed by atoms with Crippen molar-refractivity contribution in [3.63, 3.8) is 0 Å². The summed E-state index contributed by atoms with van der Waals surface area (Å²) < 4.78 is 1.78. The summed E-state index contributed by atoms with van der Waals surface area (Å²) in [5.74, 6) is -1.07. The number of carboxylic acid groups (broad SMARTS) is 1. The van der Waals surface area contributed by atoms with Gasteiger partial charge in [0.1, 0.15) is 0 Å². The summed E-state index contributed by atoms with van der Waals surface area (Å²) in [4.78, 5) is 27.4. The molecule has 0 atom stereocenters. The number of imidazole rings is 1. The molecule has 0 saturated carbocycles. The van der Waals surface area contributed by atoms with Crippen molar-refractivity contribution in [3.05, 3.63) is 102 Å². The van der Waals surface area contributed by atoms with E-state index in [1.807, 2.05) is 42.5 Å². The molecule has 1 amide bonds. The number of benzene rings is 3. The molecule has 6 nitrogen and oxygen atoms in total. The summed E-state index contributed by atoms with van der Waals surface area (Å²) in [6.07, 6.45) is 5.79. The predicted octanol–water partition coefficient (Wildman–Crippen LogP) is 3.71. The largest absolute Gasteiger partial charge is 0.478 e. The average Bonchev–Trinajstić information content (AvgIpc) is 3.25. The average molecular weight is 385 g/mol.